The number of aromatic amines is 1. The largest absolute Gasteiger partial charge is 0.354 e. The number of hydrogen-bond acceptors (Lipinski definition) is 0. The molecule has 0 amide bonds. The summed E-state index contributed by atoms with van der Waals surface area (Å²) in [7, 11) is 0. The van der Waals surface area contributed by atoms with Crippen LogP contribution < -0.4 is 0 Å². The van der Waals surface area contributed by atoms with Gasteiger partial charge in [-0.1, -0.05) is 127 Å². The van der Waals surface area contributed by atoms with Crippen molar-refractivity contribution in [3.05, 3.63) is 209 Å². The molecule has 2 nitrogen and oxygen atoms in total. The average Bonchev–Trinajstić information content (AvgIpc) is 3.81. The average molecular weight is 803 g/mol. The van der Waals surface area contributed by atoms with Crippen molar-refractivity contribution in [2.24, 2.45) is 0 Å². The van der Waals surface area contributed by atoms with Crippen molar-refractivity contribution < 1.29 is 0 Å². The zero-order valence-electron chi connectivity index (χ0n) is 34.6. The number of hydrogen-bond donors (Lipinski definition) is 1. The van der Waals surface area contributed by atoms with Crippen molar-refractivity contribution in [2.75, 3.05) is 0 Å². The molecule has 292 valence electrons. The highest BCUT2D eigenvalue weighted by Gasteiger charge is 2.20. The standard InChI is InChI=1S/C58H43ClN2/c1-35-13-5-9-17-44(35)39-21-26-55-49(29-39)53-33-42(47-20-12-8-16-38(47)4)32-52(58(53)60-55)48-34-43(24-25-54(48)59)61-56-27-22-40(45-18-10-6-14-36(45)2)30-50(56)51-31-41(23-28-57(51)61)46-19-11-7-15-37(46)3/h5-34,60H,1-4H3. The Kier molecular flexibility index (Phi) is 8.81. The molecule has 11 rings (SSSR count). The first-order chi connectivity index (χ1) is 29.8. The van der Waals surface area contributed by atoms with Gasteiger partial charge in [-0.2, -0.15) is 0 Å². The Morgan fingerprint density at radius 1 is 0.361 bits per heavy atom. The van der Waals surface area contributed by atoms with Crippen molar-refractivity contribution in [1.82, 2.24) is 9.55 Å². The third-order valence-corrected chi connectivity index (χ3v) is 13.1. The second-order valence-electron chi connectivity index (χ2n) is 16.6. The molecule has 0 unspecified atom stereocenters. The zero-order chi connectivity index (χ0) is 41.4. The van der Waals surface area contributed by atoms with Gasteiger partial charge in [0.2, 0.25) is 0 Å². The lowest BCUT2D eigenvalue weighted by Crippen LogP contribution is -1.96. The Balaban J connectivity index is 1.16. The van der Waals surface area contributed by atoms with E-state index in [1.165, 1.54) is 82.7 Å². The van der Waals surface area contributed by atoms with Gasteiger partial charge < -0.3 is 9.55 Å². The van der Waals surface area contributed by atoms with Gasteiger partial charge in [-0.25, -0.2) is 0 Å². The number of nitrogens with zero attached hydrogens (tertiary/aromatic N) is 1. The second-order valence-corrected chi connectivity index (χ2v) is 17.0. The van der Waals surface area contributed by atoms with E-state index in [1.807, 2.05) is 0 Å². The SMILES string of the molecule is Cc1ccccc1-c1ccc2[nH]c3c(-c4cc(-n5c6ccc(-c7ccccc7C)cc6c6cc(-c7ccccc7C)ccc65)ccc4Cl)cc(-c4ccccc4C)cc3c2c1. The summed E-state index contributed by atoms with van der Waals surface area (Å²) >= 11 is 7.36. The van der Waals surface area contributed by atoms with E-state index in [0.717, 1.165) is 44.4 Å². The highest BCUT2D eigenvalue weighted by Crippen LogP contribution is 2.44. The monoisotopic (exact) mass is 802 g/mol. The van der Waals surface area contributed by atoms with E-state index >= 15 is 0 Å². The molecule has 0 radical (unpaired) electrons. The molecule has 0 spiro atoms. The predicted octanol–water partition coefficient (Wildman–Crippen LogP) is 16.6. The van der Waals surface area contributed by atoms with Crippen LogP contribution in [0, 0.1) is 27.7 Å². The maximum Gasteiger partial charge on any atom is 0.0545 e. The van der Waals surface area contributed by atoms with Crippen LogP contribution >= 0.6 is 11.6 Å². The Labute approximate surface area is 361 Å². The summed E-state index contributed by atoms with van der Waals surface area (Å²) in [4.78, 5) is 3.86. The molecule has 0 bridgehead atoms. The van der Waals surface area contributed by atoms with E-state index in [9.17, 15) is 0 Å². The van der Waals surface area contributed by atoms with Crippen LogP contribution in [-0.4, -0.2) is 9.55 Å². The summed E-state index contributed by atoms with van der Waals surface area (Å²) in [6, 6.07) is 66.4. The third-order valence-electron chi connectivity index (χ3n) is 12.8. The van der Waals surface area contributed by atoms with Gasteiger partial charge in [0.1, 0.15) is 0 Å². The van der Waals surface area contributed by atoms with Crippen LogP contribution in [0.2, 0.25) is 5.02 Å². The second kappa shape index (κ2) is 14.6. The van der Waals surface area contributed by atoms with Crippen molar-refractivity contribution in [3.63, 3.8) is 0 Å². The van der Waals surface area contributed by atoms with Gasteiger partial charge in [0, 0.05) is 48.9 Å². The number of benzene rings is 9. The zero-order valence-corrected chi connectivity index (χ0v) is 35.4. The van der Waals surface area contributed by atoms with E-state index in [2.05, 4.69) is 219 Å². The first-order valence-corrected chi connectivity index (χ1v) is 21.4. The fraction of sp³-hybridized carbons (Fsp3) is 0.0690. The molecule has 0 saturated carbocycles. The first-order valence-electron chi connectivity index (χ1n) is 21.0. The Hall–Kier alpha value is -7.13. The molecule has 11 aromatic rings. The summed E-state index contributed by atoms with van der Waals surface area (Å²) < 4.78 is 2.41. The quantitative estimate of drug-likeness (QED) is 0.173. The van der Waals surface area contributed by atoms with Crippen molar-refractivity contribution >= 4 is 55.2 Å². The number of aryl methyl sites for hydroxylation is 4. The van der Waals surface area contributed by atoms with E-state index in [0.29, 0.717) is 5.02 Å². The molecule has 0 aliphatic heterocycles. The minimum Gasteiger partial charge on any atom is -0.354 e. The van der Waals surface area contributed by atoms with E-state index in [4.69, 9.17) is 11.6 Å². The Bertz CT molecular complexity index is 3440. The van der Waals surface area contributed by atoms with E-state index < -0.39 is 0 Å². The molecule has 61 heavy (non-hydrogen) atoms. The summed E-state index contributed by atoms with van der Waals surface area (Å²) in [6.07, 6.45) is 0. The molecule has 2 heterocycles. The van der Waals surface area contributed by atoms with Crippen molar-refractivity contribution in [2.45, 2.75) is 27.7 Å². The van der Waals surface area contributed by atoms with Crippen LogP contribution in [0.5, 0.6) is 0 Å². The first kappa shape index (κ1) is 36.9. The lowest BCUT2D eigenvalue weighted by Gasteiger charge is -2.15. The summed E-state index contributed by atoms with van der Waals surface area (Å²) in [5, 5.41) is 5.50. The molecule has 1 N–H and O–H groups in total. The lowest BCUT2D eigenvalue weighted by molar-refractivity contribution is 1.18. The van der Waals surface area contributed by atoms with Gasteiger partial charge in [-0.05, 0) is 161 Å². The van der Waals surface area contributed by atoms with Gasteiger partial charge in [-0.15, -0.1) is 0 Å². The molecule has 0 fully saturated rings. The predicted molar refractivity (Wildman–Crippen MR) is 261 cm³/mol. The number of nitrogens with one attached hydrogen (secondary N) is 1. The Morgan fingerprint density at radius 3 is 1.31 bits per heavy atom. The molecular formula is C58H43ClN2. The Morgan fingerprint density at radius 2 is 0.803 bits per heavy atom. The van der Waals surface area contributed by atoms with Crippen LogP contribution in [0.1, 0.15) is 22.3 Å². The maximum atomic E-state index is 7.36. The molecule has 2 aromatic heterocycles. The summed E-state index contributed by atoms with van der Waals surface area (Å²) in [5.74, 6) is 0. The third kappa shape index (κ3) is 6.17. The van der Waals surface area contributed by atoms with E-state index in [1.54, 1.807) is 0 Å². The van der Waals surface area contributed by atoms with Crippen LogP contribution in [0.25, 0.3) is 105 Å². The number of rotatable bonds is 6. The molecule has 3 heteroatoms. The number of halogens is 1. The number of aromatic nitrogens is 2. The smallest absolute Gasteiger partial charge is 0.0545 e. The van der Waals surface area contributed by atoms with Gasteiger partial charge in [-0.3, -0.25) is 0 Å². The summed E-state index contributed by atoms with van der Waals surface area (Å²) in [5.41, 5.74) is 22.3. The highest BCUT2D eigenvalue weighted by atomic mass is 35.5. The molecule has 0 aliphatic rings. The van der Waals surface area contributed by atoms with Crippen molar-refractivity contribution in [1.29, 1.82) is 0 Å². The summed E-state index contributed by atoms with van der Waals surface area (Å²) in [6.45, 7) is 8.75. The normalized spacial score (nSPS) is 11.7. The van der Waals surface area contributed by atoms with Crippen molar-refractivity contribution in [3.8, 4) is 61.3 Å². The fourth-order valence-electron chi connectivity index (χ4n) is 9.62. The van der Waals surface area contributed by atoms with Gasteiger partial charge in [0.25, 0.3) is 0 Å². The van der Waals surface area contributed by atoms with Crippen LogP contribution in [0.4, 0.5) is 0 Å². The van der Waals surface area contributed by atoms with Crippen LogP contribution in [-0.2, 0) is 0 Å². The fourth-order valence-corrected chi connectivity index (χ4v) is 9.84. The van der Waals surface area contributed by atoms with Gasteiger partial charge >= 0.3 is 0 Å². The number of fused-ring (bicyclic) bond motifs is 6. The molecular weight excluding hydrogens is 760 g/mol. The van der Waals surface area contributed by atoms with Crippen LogP contribution in [0.15, 0.2) is 182 Å². The molecule has 0 aliphatic carbocycles. The van der Waals surface area contributed by atoms with Crippen LogP contribution in [0.3, 0.4) is 0 Å². The molecule has 9 aromatic carbocycles. The highest BCUT2D eigenvalue weighted by molar-refractivity contribution is 6.34. The van der Waals surface area contributed by atoms with E-state index in [-0.39, 0.29) is 0 Å². The van der Waals surface area contributed by atoms with Gasteiger partial charge in [0.15, 0.2) is 0 Å². The minimum absolute atomic E-state index is 0.704. The van der Waals surface area contributed by atoms with Gasteiger partial charge in [0.05, 0.1) is 16.6 Å². The minimum atomic E-state index is 0.704. The topological polar surface area (TPSA) is 20.7 Å². The molecule has 0 atom stereocenters. The maximum absolute atomic E-state index is 7.36. The number of H-pyrrole nitrogens is 1. The molecule has 0 saturated heterocycles. The lowest BCUT2D eigenvalue weighted by atomic mass is 9.93.